The molecule has 90 valence electrons. The van der Waals surface area contributed by atoms with Crippen LogP contribution in [-0.2, 0) is 0 Å². The van der Waals surface area contributed by atoms with Crippen molar-refractivity contribution in [1.29, 1.82) is 0 Å². The predicted octanol–water partition coefficient (Wildman–Crippen LogP) is 4.89. The van der Waals surface area contributed by atoms with E-state index in [1.165, 1.54) is 16.0 Å². The first kappa shape index (κ1) is 13.3. The quantitative estimate of drug-likeness (QED) is 0.806. The van der Waals surface area contributed by atoms with Crippen molar-refractivity contribution in [3.05, 3.63) is 54.6 Å². The van der Waals surface area contributed by atoms with E-state index in [0.29, 0.717) is 0 Å². The summed E-state index contributed by atoms with van der Waals surface area (Å²) in [5.41, 5.74) is 2.59. The molecule has 1 aromatic carbocycles. The molecule has 4 heteroatoms. The lowest BCUT2D eigenvalue weighted by atomic mass is 10.0. The Kier molecular flexibility index (Phi) is 4.42. The molecule has 1 aromatic heterocycles. The molecule has 0 spiro atoms. The molecule has 1 N–H and O–H groups in total. The zero-order valence-electron chi connectivity index (χ0n) is 9.63. The van der Waals surface area contributed by atoms with E-state index in [1.54, 1.807) is 11.3 Å². The van der Waals surface area contributed by atoms with Gasteiger partial charge in [-0.3, -0.25) is 0 Å². The van der Waals surface area contributed by atoms with E-state index in [2.05, 4.69) is 67.7 Å². The van der Waals surface area contributed by atoms with Gasteiger partial charge < -0.3 is 5.32 Å². The third-order valence-corrected chi connectivity index (χ3v) is 5.02. The first-order valence-corrected chi connectivity index (χ1v) is 7.76. The summed E-state index contributed by atoms with van der Waals surface area (Å²) in [6.07, 6.45) is 0. The number of hydrogen-bond acceptors (Lipinski definition) is 2. The summed E-state index contributed by atoms with van der Waals surface area (Å²) >= 11 is 8.95. The maximum atomic E-state index is 3.63. The Labute approximate surface area is 123 Å². The second-order valence-corrected chi connectivity index (χ2v) is 6.57. The molecule has 0 aliphatic carbocycles. The fourth-order valence-electron chi connectivity index (χ4n) is 1.84. The molecular formula is C13H13Br2NS. The summed E-state index contributed by atoms with van der Waals surface area (Å²) in [4.78, 5) is 1.37. The van der Waals surface area contributed by atoms with Gasteiger partial charge in [0.2, 0.25) is 0 Å². The summed E-state index contributed by atoms with van der Waals surface area (Å²) in [7, 11) is 2.00. The number of nitrogens with one attached hydrogen (secondary N) is 1. The molecule has 2 rings (SSSR count). The highest BCUT2D eigenvalue weighted by Gasteiger charge is 2.18. The van der Waals surface area contributed by atoms with Crippen LogP contribution in [0.15, 0.2) is 38.6 Å². The van der Waals surface area contributed by atoms with E-state index >= 15 is 0 Å². The van der Waals surface area contributed by atoms with Gasteiger partial charge in [0.1, 0.15) is 0 Å². The Morgan fingerprint density at radius 2 is 2.00 bits per heavy atom. The van der Waals surface area contributed by atoms with Crippen LogP contribution in [0.1, 0.15) is 22.0 Å². The van der Waals surface area contributed by atoms with Gasteiger partial charge in [0.15, 0.2) is 0 Å². The second kappa shape index (κ2) is 5.65. The molecule has 0 aliphatic rings. The number of hydrogen-bond donors (Lipinski definition) is 1. The third-order valence-electron chi connectivity index (χ3n) is 2.72. The zero-order valence-corrected chi connectivity index (χ0v) is 13.6. The monoisotopic (exact) mass is 373 g/mol. The molecule has 0 radical (unpaired) electrons. The highest BCUT2D eigenvalue weighted by Crippen LogP contribution is 2.34. The summed E-state index contributed by atoms with van der Waals surface area (Å²) in [6.45, 7) is 2.15. The lowest BCUT2D eigenvalue weighted by molar-refractivity contribution is 0.697. The molecule has 0 saturated heterocycles. The molecule has 1 atom stereocenters. The van der Waals surface area contributed by atoms with Crippen molar-refractivity contribution in [3.8, 4) is 0 Å². The van der Waals surface area contributed by atoms with E-state index in [9.17, 15) is 0 Å². The molecule has 0 amide bonds. The highest BCUT2D eigenvalue weighted by molar-refractivity contribution is 9.11. The van der Waals surface area contributed by atoms with Crippen molar-refractivity contribution in [2.45, 2.75) is 13.0 Å². The summed E-state index contributed by atoms with van der Waals surface area (Å²) in [5.74, 6) is 0. The average Bonchev–Trinajstić information content (AvgIpc) is 2.71. The highest BCUT2D eigenvalue weighted by atomic mass is 79.9. The number of thiophene rings is 1. The van der Waals surface area contributed by atoms with Crippen LogP contribution in [0, 0.1) is 6.92 Å². The van der Waals surface area contributed by atoms with Gasteiger partial charge in [-0.1, -0.05) is 31.9 Å². The van der Waals surface area contributed by atoms with Gasteiger partial charge in [0.05, 0.1) is 6.04 Å². The van der Waals surface area contributed by atoms with Crippen LogP contribution >= 0.6 is 43.2 Å². The van der Waals surface area contributed by atoms with E-state index < -0.39 is 0 Å². The van der Waals surface area contributed by atoms with Crippen LogP contribution in [-0.4, -0.2) is 7.05 Å². The molecule has 17 heavy (non-hydrogen) atoms. The van der Waals surface area contributed by atoms with Crippen molar-refractivity contribution >= 4 is 43.2 Å². The topological polar surface area (TPSA) is 12.0 Å². The number of benzene rings is 1. The molecule has 1 nitrogen and oxygen atoms in total. The van der Waals surface area contributed by atoms with Crippen LogP contribution in [0.2, 0.25) is 0 Å². The van der Waals surface area contributed by atoms with Gasteiger partial charge in [-0.25, -0.2) is 0 Å². The zero-order chi connectivity index (χ0) is 12.4. The molecule has 2 aromatic rings. The van der Waals surface area contributed by atoms with Crippen LogP contribution in [0.3, 0.4) is 0 Å². The van der Waals surface area contributed by atoms with Gasteiger partial charge in [0, 0.05) is 13.8 Å². The summed E-state index contributed by atoms with van der Waals surface area (Å²) in [5, 5.41) is 5.53. The van der Waals surface area contributed by atoms with Gasteiger partial charge in [-0.05, 0) is 54.7 Å². The number of aryl methyl sites for hydroxylation is 1. The summed E-state index contributed by atoms with van der Waals surface area (Å²) < 4.78 is 2.23. The lowest BCUT2D eigenvalue weighted by Gasteiger charge is -2.18. The van der Waals surface area contributed by atoms with Crippen LogP contribution < -0.4 is 5.32 Å². The van der Waals surface area contributed by atoms with Crippen LogP contribution in [0.4, 0.5) is 0 Å². The van der Waals surface area contributed by atoms with Crippen molar-refractivity contribution in [2.75, 3.05) is 7.05 Å². The van der Waals surface area contributed by atoms with Crippen molar-refractivity contribution in [1.82, 2.24) is 5.32 Å². The SMILES string of the molecule is CNC(c1cc(Br)ccc1Br)c1sccc1C. The fraction of sp³-hybridized carbons (Fsp3) is 0.231. The van der Waals surface area contributed by atoms with E-state index in [0.717, 1.165) is 8.95 Å². The van der Waals surface area contributed by atoms with E-state index in [4.69, 9.17) is 0 Å². The minimum atomic E-state index is 0.238. The predicted molar refractivity (Wildman–Crippen MR) is 81.8 cm³/mol. The van der Waals surface area contributed by atoms with Crippen molar-refractivity contribution in [2.24, 2.45) is 0 Å². The molecule has 0 fully saturated rings. The largest absolute Gasteiger partial charge is 0.309 e. The Morgan fingerprint density at radius 3 is 2.59 bits per heavy atom. The Bertz CT molecular complexity index is 522. The summed E-state index contributed by atoms with van der Waals surface area (Å²) in [6, 6.07) is 8.68. The van der Waals surface area contributed by atoms with Gasteiger partial charge in [-0.2, -0.15) is 0 Å². The smallest absolute Gasteiger partial charge is 0.0682 e. The normalized spacial score (nSPS) is 12.7. The average molecular weight is 375 g/mol. The van der Waals surface area contributed by atoms with Gasteiger partial charge >= 0.3 is 0 Å². The molecular weight excluding hydrogens is 362 g/mol. The van der Waals surface area contributed by atoms with Gasteiger partial charge in [0.25, 0.3) is 0 Å². The van der Waals surface area contributed by atoms with Crippen molar-refractivity contribution in [3.63, 3.8) is 0 Å². The number of halogens is 2. The third kappa shape index (κ3) is 2.81. The lowest BCUT2D eigenvalue weighted by Crippen LogP contribution is -2.17. The van der Waals surface area contributed by atoms with Crippen LogP contribution in [0.25, 0.3) is 0 Å². The van der Waals surface area contributed by atoms with E-state index in [1.807, 2.05) is 13.1 Å². The molecule has 0 aliphatic heterocycles. The van der Waals surface area contributed by atoms with E-state index in [-0.39, 0.29) is 6.04 Å². The maximum Gasteiger partial charge on any atom is 0.0682 e. The molecule has 1 unspecified atom stereocenters. The maximum absolute atomic E-state index is 3.63. The standard InChI is InChI=1S/C13H13Br2NS/c1-8-5-6-17-13(8)12(16-2)10-7-9(14)3-4-11(10)15/h3-7,12,16H,1-2H3. The fourth-order valence-corrected chi connectivity index (χ4v) is 3.75. The number of rotatable bonds is 3. The van der Waals surface area contributed by atoms with Crippen LogP contribution in [0.5, 0.6) is 0 Å². The Balaban J connectivity index is 2.49. The Morgan fingerprint density at radius 1 is 1.24 bits per heavy atom. The molecule has 0 bridgehead atoms. The minimum absolute atomic E-state index is 0.238. The molecule has 0 saturated carbocycles. The second-order valence-electron chi connectivity index (χ2n) is 3.86. The first-order valence-electron chi connectivity index (χ1n) is 5.29. The molecule has 1 heterocycles. The first-order chi connectivity index (χ1) is 8.13. The van der Waals surface area contributed by atoms with Gasteiger partial charge in [-0.15, -0.1) is 11.3 Å². The Hall–Kier alpha value is -0.160. The van der Waals surface area contributed by atoms with Crippen molar-refractivity contribution < 1.29 is 0 Å². The minimum Gasteiger partial charge on any atom is -0.309 e.